The maximum absolute atomic E-state index is 12.4. The number of carbonyl (C=O) groups excluding carboxylic acids is 1. The molecule has 2 aliphatic rings. The number of hydrogen-bond acceptors (Lipinski definition) is 6. The van der Waals surface area contributed by atoms with Crippen molar-refractivity contribution in [2.45, 2.75) is 26.3 Å². The number of aliphatic imine (C=N–C) groups is 1. The number of rotatable bonds is 6. The topological polar surface area (TPSA) is 106 Å². The van der Waals surface area contributed by atoms with Crippen LogP contribution in [0, 0.1) is 0 Å². The Labute approximate surface area is 199 Å². The summed E-state index contributed by atoms with van der Waals surface area (Å²) in [6, 6.07) is 3.64. The van der Waals surface area contributed by atoms with Gasteiger partial charge >= 0.3 is 0 Å². The van der Waals surface area contributed by atoms with Crippen LogP contribution in [0.4, 0.5) is 0 Å². The first-order valence-electron chi connectivity index (χ1n) is 10.7. The summed E-state index contributed by atoms with van der Waals surface area (Å²) in [5.74, 6) is 2.98. The summed E-state index contributed by atoms with van der Waals surface area (Å²) in [5, 5.41) is 10.5. The second-order valence-corrected chi connectivity index (χ2v) is 7.60. The zero-order valence-corrected chi connectivity index (χ0v) is 20.2. The number of guanidine groups is 1. The second-order valence-electron chi connectivity index (χ2n) is 7.60. The van der Waals surface area contributed by atoms with Crippen molar-refractivity contribution in [3.8, 4) is 11.6 Å². The van der Waals surface area contributed by atoms with E-state index in [-0.39, 0.29) is 29.9 Å². The molecule has 10 nitrogen and oxygen atoms in total. The molecule has 0 bridgehead atoms. The van der Waals surface area contributed by atoms with Gasteiger partial charge in [-0.2, -0.15) is 0 Å². The van der Waals surface area contributed by atoms with Crippen LogP contribution in [0.2, 0.25) is 0 Å². The van der Waals surface area contributed by atoms with Crippen LogP contribution in [0.1, 0.15) is 25.6 Å². The van der Waals surface area contributed by atoms with Gasteiger partial charge in [0.05, 0.1) is 12.8 Å². The third-order valence-corrected chi connectivity index (χ3v) is 5.48. The minimum absolute atomic E-state index is 0. The molecule has 2 aromatic rings. The zero-order chi connectivity index (χ0) is 20.8. The van der Waals surface area contributed by atoms with Gasteiger partial charge in [0.1, 0.15) is 12.4 Å². The number of likely N-dealkylation sites (tertiary alicyclic amines) is 1. The van der Waals surface area contributed by atoms with E-state index in [4.69, 9.17) is 9.41 Å². The Kier molecular flexibility index (Phi) is 8.69. The normalized spacial score (nSPS) is 17.6. The first-order valence-corrected chi connectivity index (χ1v) is 10.7. The van der Waals surface area contributed by atoms with E-state index in [9.17, 15) is 4.79 Å². The van der Waals surface area contributed by atoms with E-state index in [1.807, 2.05) is 17.0 Å². The highest BCUT2D eigenvalue weighted by Crippen LogP contribution is 2.15. The van der Waals surface area contributed by atoms with Crippen molar-refractivity contribution in [2.24, 2.45) is 4.99 Å². The fourth-order valence-electron chi connectivity index (χ4n) is 3.83. The molecule has 0 aliphatic carbocycles. The second kappa shape index (κ2) is 11.5. The molecule has 4 heterocycles. The van der Waals surface area contributed by atoms with E-state index in [0.29, 0.717) is 30.5 Å². The van der Waals surface area contributed by atoms with Crippen molar-refractivity contribution >= 4 is 35.8 Å². The lowest BCUT2D eigenvalue weighted by Gasteiger charge is -2.36. The van der Waals surface area contributed by atoms with Gasteiger partial charge < -0.3 is 19.5 Å². The summed E-state index contributed by atoms with van der Waals surface area (Å²) < 4.78 is 5.33. The van der Waals surface area contributed by atoms with Crippen LogP contribution in [0.25, 0.3) is 11.6 Å². The number of nitrogens with zero attached hydrogens (tertiary/aromatic N) is 6. The number of carbonyl (C=O) groups is 1. The van der Waals surface area contributed by atoms with E-state index in [1.165, 1.54) is 0 Å². The summed E-state index contributed by atoms with van der Waals surface area (Å²) in [7, 11) is 0. The third kappa shape index (κ3) is 6.19. The van der Waals surface area contributed by atoms with Gasteiger partial charge in [-0.05, 0) is 31.9 Å². The first-order chi connectivity index (χ1) is 14.7. The maximum Gasteiger partial charge on any atom is 0.236 e. The highest BCUT2D eigenvalue weighted by Gasteiger charge is 2.24. The summed E-state index contributed by atoms with van der Waals surface area (Å²) in [6.07, 6.45) is 3.87. The van der Waals surface area contributed by atoms with Crippen molar-refractivity contribution in [3.05, 3.63) is 24.2 Å². The minimum atomic E-state index is 0. The van der Waals surface area contributed by atoms with Gasteiger partial charge in [-0.3, -0.25) is 14.8 Å². The number of furan rings is 1. The number of aromatic amines is 1. The Morgan fingerprint density at radius 1 is 1.19 bits per heavy atom. The Balaban J connectivity index is 0.00000272. The largest absolute Gasteiger partial charge is 0.461 e. The Hall–Kier alpha value is -2.15. The number of halogens is 1. The van der Waals surface area contributed by atoms with Crippen LogP contribution < -0.4 is 5.32 Å². The van der Waals surface area contributed by atoms with Gasteiger partial charge in [-0.25, -0.2) is 9.98 Å². The van der Waals surface area contributed by atoms with Crippen LogP contribution in [0.5, 0.6) is 0 Å². The van der Waals surface area contributed by atoms with Crippen LogP contribution in [0.15, 0.2) is 27.8 Å². The molecule has 0 spiro atoms. The average Bonchev–Trinajstić information content (AvgIpc) is 3.54. The van der Waals surface area contributed by atoms with Crippen LogP contribution in [0.3, 0.4) is 0 Å². The molecule has 2 aromatic heterocycles. The number of amides is 1. The Morgan fingerprint density at radius 3 is 2.65 bits per heavy atom. The van der Waals surface area contributed by atoms with E-state index in [2.05, 4.69) is 37.2 Å². The third-order valence-electron chi connectivity index (χ3n) is 5.48. The van der Waals surface area contributed by atoms with Crippen LogP contribution in [-0.2, 0) is 11.3 Å². The molecule has 0 saturated carbocycles. The molecule has 31 heavy (non-hydrogen) atoms. The number of hydrogen-bond donors (Lipinski definition) is 2. The van der Waals surface area contributed by atoms with Gasteiger partial charge in [0, 0.05) is 45.8 Å². The number of piperazine rings is 1. The fourth-order valence-corrected chi connectivity index (χ4v) is 3.83. The van der Waals surface area contributed by atoms with Crippen LogP contribution >= 0.6 is 24.0 Å². The van der Waals surface area contributed by atoms with Gasteiger partial charge in [0.25, 0.3) is 0 Å². The molecule has 170 valence electrons. The Bertz CT molecular complexity index is 839. The zero-order valence-electron chi connectivity index (χ0n) is 17.9. The molecule has 0 radical (unpaired) electrons. The van der Waals surface area contributed by atoms with Crippen LogP contribution in [-0.4, -0.2) is 94.1 Å². The lowest BCUT2D eigenvalue weighted by molar-refractivity contribution is -0.131. The van der Waals surface area contributed by atoms with E-state index < -0.39 is 0 Å². The molecule has 1 amide bonds. The molecule has 2 saturated heterocycles. The van der Waals surface area contributed by atoms with Crippen molar-refractivity contribution in [3.63, 3.8) is 0 Å². The van der Waals surface area contributed by atoms with Crippen molar-refractivity contribution in [2.75, 3.05) is 52.4 Å². The fraction of sp³-hybridized carbons (Fsp3) is 0.600. The molecule has 2 N–H and O–H groups in total. The standard InChI is InChI=1S/C20H30N8O2.HI/c1-2-21-20(22-14-17-23-19(25-24-17)16-6-5-13-30-16)28-11-9-26(10-12-28)15-18(29)27-7-3-4-8-27;/h5-6,13H,2-4,7-12,14-15H2,1H3,(H,21,22)(H,23,24,25);1H. The lowest BCUT2D eigenvalue weighted by Crippen LogP contribution is -2.54. The van der Waals surface area contributed by atoms with Gasteiger partial charge in [0.2, 0.25) is 11.7 Å². The predicted octanol–water partition coefficient (Wildman–Crippen LogP) is 1.39. The maximum atomic E-state index is 12.4. The van der Waals surface area contributed by atoms with Gasteiger partial charge in [-0.1, -0.05) is 0 Å². The number of aromatic nitrogens is 3. The molecule has 11 heteroatoms. The van der Waals surface area contributed by atoms with E-state index >= 15 is 0 Å². The number of H-pyrrole nitrogens is 1. The smallest absolute Gasteiger partial charge is 0.236 e. The van der Waals surface area contributed by atoms with Crippen molar-refractivity contribution < 1.29 is 9.21 Å². The van der Waals surface area contributed by atoms with E-state index in [1.54, 1.807) is 6.26 Å². The van der Waals surface area contributed by atoms with E-state index in [0.717, 1.165) is 64.6 Å². The molecule has 0 atom stereocenters. The predicted molar refractivity (Wildman–Crippen MR) is 128 cm³/mol. The van der Waals surface area contributed by atoms with Gasteiger partial charge in [-0.15, -0.1) is 29.1 Å². The molecule has 2 aliphatic heterocycles. The summed E-state index contributed by atoms with van der Waals surface area (Å²) in [5.41, 5.74) is 0. The monoisotopic (exact) mass is 542 g/mol. The molecule has 4 rings (SSSR count). The van der Waals surface area contributed by atoms with Crippen molar-refractivity contribution in [1.29, 1.82) is 0 Å². The Morgan fingerprint density at radius 2 is 1.97 bits per heavy atom. The highest BCUT2D eigenvalue weighted by molar-refractivity contribution is 14.0. The average molecular weight is 542 g/mol. The molecule has 0 aromatic carbocycles. The lowest BCUT2D eigenvalue weighted by atomic mass is 10.3. The quantitative estimate of drug-likeness (QED) is 0.323. The molecular weight excluding hydrogens is 511 g/mol. The summed E-state index contributed by atoms with van der Waals surface area (Å²) in [4.78, 5) is 28.0. The summed E-state index contributed by atoms with van der Waals surface area (Å²) >= 11 is 0. The highest BCUT2D eigenvalue weighted by atomic mass is 127. The van der Waals surface area contributed by atoms with Crippen molar-refractivity contribution in [1.82, 2.24) is 35.2 Å². The molecule has 0 unspecified atom stereocenters. The van der Waals surface area contributed by atoms with Gasteiger partial charge in [0.15, 0.2) is 11.7 Å². The molecule has 2 fully saturated rings. The minimum Gasteiger partial charge on any atom is -0.461 e. The summed E-state index contributed by atoms with van der Waals surface area (Å²) in [6.45, 7) is 9.01. The number of nitrogens with one attached hydrogen (secondary N) is 2. The molecular formula is C20H31IN8O2. The SMILES string of the molecule is CCNC(=NCc1nc(-c2ccco2)n[nH]1)N1CCN(CC(=O)N2CCCC2)CC1.I. The first kappa shape index (κ1) is 23.5.